The average molecular weight is 290 g/mol. The number of hydrogen-bond donors (Lipinski definition) is 2. The summed E-state index contributed by atoms with van der Waals surface area (Å²) in [4.78, 5) is 16.1. The number of rotatable bonds is 5. The number of amides is 1. The standard InChI is InChI=1S/C15H16ClN3O/c1-2-17-13-6-7-14(18-10-13)15(20)19-9-11-4-3-5-12(16)8-11/h3-8,10,17H,2,9H2,1H3,(H,19,20). The summed E-state index contributed by atoms with van der Waals surface area (Å²) in [6, 6.07) is 10.9. The predicted octanol–water partition coefficient (Wildman–Crippen LogP) is 3.10. The van der Waals surface area contributed by atoms with Crippen LogP contribution in [0.2, 0.25) is 5.02 Å². The van der Waals surface area contributed by atoms with E-state index in [4.69, 9.17) is 11.6 Å². The van der Waals surface area contributed by atoms with Crippen molar-refractivity contribution in [2.24, 2.45) is 0 Å². The third-order valence-corrected chi connectivity index (χ3v) is 2.95. The smallest absolute Gasteiger partial charge is 0.270 e. The van der Waals surface area contributed by atoms with E-state index in [1.807, 2.05) is 31.2 Å². The molecule has 0 radical (unpaired) electrons. The molecule has 0 saturated carbocycles. The van der Waals surface area contributed by atoms with Gasteiger partial charge >= 0.3 is 0 Å². The van der Waals surface area contributed by atoms with Crippen molar-refractivity contribution < 1.29 is 4.79 Å². The fourth-order valence-corrected chi connectivity index (χ4v) is 1.97. The van der Waals surface area contributed by atoms with Crippen LogP contribution in [0.3, 0.4) is 0 Å². The van der Waals surface area contributed by atoms with Crippen molar-refractivity contribution >= 4 is 23.2 Å². The zero-order valence-electron chi connectivity index (χ0n) is 11.2. The summed E-state index contributed by atoms with van der Waals surface area (Å²) in [5.41, 5.74) is 2.25. The lowest BCUT2D eigenvalue weighted by Gasteiger charge is -2.06. The summed E-state index contributed by atoms with van der Waals surface area (Å²) < 4.78 is 0. The summed E-state index contributed by atoms with van der Waals surface area (Å²) in [6.45, 7) is 3.25. The second kappa shape index (κ2) is 6.91. The Morgan fingerprint density at radius 1 is 1.30 bits per heavy atom. The number of nitrogens with one attached hydrogen (secondary N) is 2. The molecule has 104 valence electrons. The van der Waals surface area contributed by atoms with Gasteiger partial charge in [-0.2, -0.15) is 0 Å². The van der Waals surface area contributed by atoms with Gasteiger partial charge in [-0.15, -0.1) is 0 Å². The Morgan fingerprint density at radius 2 is 2.15 bits per heavy atom. The van der Waals surface area contributed by atoms with Crippen LogP contribution in [0.25, 0.3) is 0 Å². The first kappa shape index (κ1) is 14.3. The molecule has 0 unspecified atom stereocenters. The van der Waals surface area contributed by atoms with Gasteiger partial charge in [0, 0.05) is 18.1 Å². The lowest BCUT2D eigenvalue weighted by atomic mass is 10.2. The van der Waals surface area contributed by atoms with Crippen molar-refractivity contribution in [2.45, 2.75) is 13.5 Å². The van der Waals surface area contributed by atoms with E-state index in [9.17, 15) is 4.79 Å². The van der Waals surface area contributed by atoms with Crippen LogP contribution in [0.5, 0.6) is 0 Å². The number of aromatic nitrogens is 1. The van der Waals surface area contributed by atoms with Crippen LogP contribution < -0.4 is 10.6 Å². The monoisotopic (exact) mass is 289 g/mol. The molecular weight excluding hydrogens is 274 g/mol. The van der Waals surface area contributed by atoms with Gasteiger partial charge in [0.25, 0.3) is 5.91 Å². The van der Waals surface area contributed by atoms with Crippen molar-refractivity contribution in [3.05, 3.63) is 58.9 Å². The van der Waals surface area contributed by atoms with Crippen molar-refractivity contribution in [1.82, 2.24) is 10.3 Å². The maximum atomic E-state index is 11.9. The van der Waals surface area contributed by atoms with Gasteiger partial charge in [0.1, 0.15) is 5.69 Å². The molecule has 4 nitrogen and oxygen atoms in total. The second-order valence-corrected chi connectivity index (χ2v) is 4.71. The minimum atomic E-state index is -0.201. The van der Waals surface area contributed by atoms with Crippen molar-refractivity contribution in [3.63, 3.8) is 0 Å². The van der Waals surface area contributed by atoms with E-state index in [1.165, 1.54) is 0 Å². The Morgan fingerprint density at radius 3 is 2.80 bits per heavy atom. The first-order chi connectivity index (χ1) is 9.69. The first-order valence-corrected chi connectivity index (χ1v) is 6.79. The van der Waals surface area contributed by atoms with Gasteiger partial charge in [0.2, 0.25) is 0 Å². The topological polar surface area (TPSA) is 54.0 Å². The number of carbonyl (C=O) groups excluding carboxylic acids is 1. The Labute approximate surface area is 123 Å². The van der Waals surface area contributed by atoms with Gasteiger partial charge in [-0.1, -0.05) is 23.7 Å². The van der Waals surface area contributed by atoms with Crippen LogP contribution in [0.15, 0.2) is 42.6 Å². The molecule has 0 bridgehead atoms. The van der Waals surface area contributed by atoms with E-state index in [0.717, 1.165) is 17.8 Å². The molecule has 0 atom stereocenters. The third kappa shape index (κ3) is 3.96. The highest BCUT2D eigenvalue weighted by Gasteiger charge is 2.06. The summed E-state index contributed by atoms with van der Waals surface area (Å²) in [5, 5.41) is 6.60. The zero-order chi connectivity index (χ0) is 14.4. The highest BCUT2D eigenvalue weighted by atomic mass is 35.5. The Bertz CT molecular complexity index is 584. The van der Waals surface area contributed by atoms with E-state index in [-0.39, 0.29) is 5.91 Å². The quantitative estimate of drug-likeness (QED) is 0.889. The van der Waals surface area contributed by atoms with Crippen LogP contribution in [0.4, 0.5) is 5.69 Å². The SMILES string of the molecule is CCNc1ccc(C(=O)NCc2cccc(Cl)c2)nc1. The number of pyridine rings is 1. The Kier molecular flexibility index (Phi) is 4.96. The molecule has 2 rings (SSSR count). The van der Waals surface area contributed by atoms with Gasteiger partial charge in [-0.25, -0.2) is 4.98 Å². The molecule has 0 spiro atoms. The number of nitrogens with zero attached hydrogens (tertiary/aromatic N) is 1. The Hall–Kier alpha value is -2.07. The molecule has 1 heterocycles. The molecule has 1 amide bonds. The normalized spacial score (nSPS) is 10.1. The lowest BCUT2D eigenvalue weighted by molar-refractivity contribution is 0.0946. The summed E-state index contributed by atoms with van der Waals surface area (Å²) in [7, 11) is 0. The molecule has 2 N–H and O–H groups in total. The molecule has 0 fully saturated rings. The third-order valence-electron chi connectivity index (χ3n) is 2.72. The fourth-order valence-electron chi connectivity index (χ4n) is 1.76. The van der Waals surface area contributed by atoms with Gasteiger partial charge in [0.05, 0.1) is 11.9 Å². The number of anilines is 1. The van der Waals surface area contributed by atoms with Crippen molar-refractivity contribution in [1.29, 1.82) is 0 Å². The summed E-state index contributed by atoms with van der Waals surface area (Å²) >= 11 is 5.89. The molecular formula is C15H16ClN3O. The Balaban J connectivity index is 1.94. The van der Waals surface area contributed by atoms with E-state index in [0.29, 0.717) is 17.3 Å². The van der Waals surface area contributed by atoms with E-state index >= 15 is 0 Å². The zero-order valence-corrected chi connectivity index (χ0v) is 11.9. The molecule has 5 heteroatoms. The fraction of sp³-hybridized carbons (Fsp3) is 0.200. The van der Waals surface area contributed by atoms with Gasteiger partial charge in [-0.3, -0.25) is 4.79 Å². The number of benzene rings is 1. The predicted molar refractivity (Wildman–Crippen MR) is 81.0 cm³/mol. The minimum absolute atomic E-state index is 0.201. The first-order valence-electron chi connectivity index (χ1n) is 6.41. The van der Waals surface area contributed by atoms with Gasteiger partial charge < -0.3 is 10.6 Å². The molecule has 0 aliphatic carbocycles. The van der Waals surface area contributed by atoms with Gasteiger partial charge in [0.15, 0.2) is 0 Å². The van der Waals surface area contributed by atoms with Crippen molar-refractivity contribution in [3.8, 4) is 0 Å². The van der Waals surface area contributed by atoms with Crippen LogP contribution in [0.1, 0.15) is 23.0 Å². The van der Waals surface area contributed by atoms with Crippen LogP contribution in [-0.4, -0.2) is 17.4 Å². The maximum Gasteiger partial charge on any atom is 0.270 e. The van der Waals surface area contributed by atoms with E-state index in [2.05, 4.69) is 15.6 Å². The number of carbonyl (C=O) groups is 1. The number of hydrogen-bond acceptors (Lipinski definition) is 3. The number of halogens is 1. The molecule has 0 aliphatic heterocycles. The summed E-state index contributed by atoms with van der Waals surface area (Å²) in [5.74, 6) is -0.201. The summed E-state index contributed by atoms with van der Waals surface area (Å²) in [6.07, 6.45) is 1.65. The molecule has 0 saturated heterocycles. The van der Waals surface area contributed by atoms with E-state index < -0.39 is 0 Å². The highest BCUT2D eigenvalue weighted by molar-refractivity contribution is 6.30. The second-order valence-electron chi connectivity index (χ2n) is 4.28. The molecule has 1 aromatic heterocycles. The maximum absolute atomic E-state index is 11.9. The molecule has 0 aliphatic rings. The van der Waals surface area contributed by atoms with Crippen molar-refractivity contribution in [2.75, 3.05) is 11.9 Å². The minimum Gasteiger partial charge on any atom is -0.384 e. The lowest BCUT2D eigenvalue weighted by Crippen LogP contribution is -2.23. The highest BCUT2D eigenvalue weighted by Crippen LogP contribution is 2.10. The van der Waals surface area contributed by atoms with Crippen LogP contribution in [0, 0.1) is 0 Å². The molecule has 2 aromatic rings. The van der Waals surface area contributed by atoms with Crippen LogP contribution >= 0.6 is 11.6 Å². The average Bonchev–Trinajstić information content (AvgIpc) is 2.46. The van der Waals surface area contributed by atoms with Gasteiger partial charge in [-0.05, 0) is 36.8 Å². The molecule has 20 heavy (non-hydrogen) atoms. The largest absolute Gasteiger partial charge is 0.384 e. The van der Waals surface area contributed by atoms with E-state index in [1.54, 1.807) is 18.3 Å². The molecule has 1 aromatic carbocycles. The van der Waals surface area contributed by atoms with Crippen LogP contribution in [-0.2, 0) is 6.54 Å².